The molecule has 1 saturated heterocycles. The number of nitrogens with one attached hydrogen (secondary N) is 2. The summed E-state index contributed by atoms with van der Waals surface area (Å²) in [6, 6.07) is 17.7. The minimum atomic E-state index is -3.13. The van der Waals surface area contributed by atoms with E-state index in [1.165, 1.54) is 18.7 Å². The number of benzene rings is 2. The Morgan fingerprint density at radius 3 is 2.46 bits per heavy atom. The van der Waals surface area contributed by atoms with Crippen LogP contribution < -0.4 is 10.0 Å². The molecule has 0 aliphatic carbocycles. The van der Waals surface area contributed by atoms with Crippen LogP contribution in [0.4, 0.5) is 5.69 Å². The van der Waals surface area contributed by atoms with Crippen LogP contribution in [0.2, 0.25) is 0 Å². The number of ether oxygens (including phenoxy) is 1. The van der Waals surface area contributed by atoms with Crippen LogP contribution in [0.3, 0.4) is 0 Å². The summed E-state index contributed by atoms with van der Waals surface area (Å²) < 4.78 is 26.7. The number of aliphatic hydroxyl groups is 1. The summed E-state index contributed by atoms with van der Waals surface area (Å²) in [5.74, 6) is 9.15. The molecule has 2 aromatic heterocycles. The molecular formula is C36H39N5O6S. The van der Waals surface area contributed by atoms with E-state index in [0.29, 0.717) is 34.9 Å². The Hall–Kier alpha value is -4.77. The van der Waals surface area contributed by atoms with Gasteiger partial charge in [-0.2, -0.15) is 0 Å². The Morgan fingerprint density at radius 1 is 0.979 bits per heavy atom. The monoisotopic (exact) mass is 669 g/mol. The second kappa shape index (κ2) is 16.4. The molecule has 1 atom stereocenters. The van der Waals surface area contributed by atoms with Crippen molar-refractivity contribution in [3.05, 3.63) is 113 Å². The van der Waals surface area contributed by atoms with Gasteiger partial charge in [-0.05, 0) is 60.8 Å². The van der Waals surface area contributed by atoms with Crippen molar-refractivity contribution in [3.8, 4) is 11.8 Å². The Morgan fingerprint density at radius 2 is 1.73 bits per heavy atom. The third-order valence-corrected chi connectivity index (χ3v) is 9.31. The number of aryl methyl sites for hydroxylation is 1. The van der Waals surface area contributed by atoms with E-state index in [1.807, 2.05) is 12.1 Å². The molecule has 0 radical (unpaired) electrons. The summed E-state index contributed by atoms with van der Waals surface area (Å²) in [7, 11) is -3.13. The van der Waals surface area contributed by atoms with Gasteiger partial charge in [0.05, 0.1) is 41.4 Å². The van der Waals surface area contributed by atoms with Gasteiger partial charge in [-0.25, -0.2) is 4.21 Å². The number of aliphatic hydroxyl groups excluding tert-OH is 1. The van der Waals surface area contributed by atoms with Crippen LogP contribution in [0, 0.1) is 18.8 Å². The maximum atomic E-state index is 13.5. The van der Waals surface area contributed by atoms with Crippen molar-refractivity contribution in [2.24, 2.45) is 0 Å². The molecule has 0 spiro atoms. The van der Waals surface area contributed by atoms with Crippen molar-refractivity contribution in [1.82, 2.24) is 19.5 Å². The third kappa shape index (κ3) is 9.63. The molecule has 0 saturated carbocycles. The van der Waals surface area contributed by atoms with Crippen molar-refractivity contribution in [2.45, 2.75) is 18.4 Å². The van der Waals surface area contributed by atoms with Crippen LogP contribution in [0.15, 0.2) is 88.6 Å². The van der Waals surface area contributed by atoms with Crippen LogP contribution in [0.1, 0.15) is 43.2 Å². The summed E-state index contributed by atoms with van der Waals surface area (Å²) in [6.07, 6.45) is 4.38. The standard InChI is InChI=1S/C36H39N5O6S/c1-27-12-19-47-34(27)36(44)38-32-5-3-4-28(23-32)6-7-30-22-31(25-37-24-30)35(43)39-48(2,45)33-10-8-29(9-11-33)26-41-15-13-40(14-16-41)17-20-46-21-18-42/h3-5,8-12,19,22-25,42H,2,13-18,20-21,26H2,1H3,(H,38,44)(H,39,43,45). The fraction of sp³-hybridized carbons (Fsp3) is 0.278. The number of hydrogen-bond donors (Lipinski definition) is 3. The van der Waals surface area contributed by atoms with Crippen LogP contribution in [0.5, 0.6) is 0 Å². The predicted octanol–water partition coefficient (Wildman–Crippen LogP) is 3.18. The molecule has 4 aromatic rings. The van der Waals surface area contributed by atoms with E-state index in [4.69, 9.17) is 14.3 Å². The van der Waals surface area contributed by atoms with Crippen molar-refractivity contribution >= 4 is 33.1 Å². The van der Waals surface area contributed by atoms with Gasteiger partial charge in [0.1, 0.15) is 0 Å². The van der Waals surface area contributed by atoms with E-state index in [0.717, 1.165) is 50.4 Å². The minimum absolute atomic E-state index is 0.0415. The van der Waals surface area contributed by atoms with Crippen molar-refractivity contribution in [3.63, 3.8) is 0 Å². The Bertz CT molecular complexity index is 1890. The van der Waals surface area contributed by atoms with Crippen LogP contribution in [0.25, 0.3) is 0 Å². The first kappa shape index (κ1) is 34.6. The van der Waals surface area contributed by atoms with Gasteiger partial charge in [0.15, 0.2) is 5.76 Å². The van der Waals surface area contributed by atoms with Crippen molar-refractivity contribution < 1.29 is 28.1 Å². The molecule has 1 unspecified atom stereocenters. The quantitative estimate of drug-likeness (QED) is 0.118. The second-order valence-corrected chi connectivity index (χ2v) is 13.4. The number of carbonyl (C=O) groups is 2. The number of aromatic nitrogens is 1. The molecule has 12 heteroatoms. The number of piperazine rings is 1. The van der Waals surface area contributed by atoms with Crippen molar-refractivity contribution in [1.29, 1.82) is 0 Å². The number of anilines is 1. The largest absolute Gasteiger partial charge is 0.459 e. The average molecular weight is 670 g/mol. The normalized spacial score (nSPS) is 14.8. The highest BCUT2D eigenvalue weighted by atomic mass is 32.2. The summed E-state index contributed by atoms with van der Waals surface area (Å²) in [6.45, 7) is 8.19. The molecule has 1 aliphatic heterocycles. The lowest BCUT2D eigenvalue weighted by molar-refractivity contribution is 0.0564. The summed E-state index contributed by atoms with van der Waals surface area (Å²) in [5.41, 5.74) is 3.70. The van der Waals surface area contributed by atoms with Gasteiger partial charge < -0.3 is 19.6 Å². The lowest BCUT2D eigenvalue weighted by atomic mass is 10.1. The first-order chi connectivity index (χ1) is 23.2. The maximum Gasteiger partial charge on any atom is 0.291 e. The lowest BCUT2D eigenvalue weighted by Gasteiger charge is -2.34. The van der Waals surface area contributed by atoms with E-state index in [-0.39, 0.29) is 23.8 Å². The van der Waals surface area contributed by atoms with Gasteiger partial charge in [0.2, 0.25) is 0 Å². The highest BCUT2D eigenvalue weighted by Crippen LogP contribution is 2.16. The minimum Gasteiger partial charge on any atom is -0.459 e. The van der Waals surface area contributed by atoms with Crippen LogP contribution in [-0.2, 0) is 21.0 Å². The molecule has 3 N–H and O–H groups in total. The fourth-order valence-electron chi connectivity index (χ4n) is 5.12. The Balaban J connectivity index is 1.14. The number of furan rings is 1. The molecule has 250 valence electrons. The molecule has 0 bridgehead atoms. The number of rotatable bonds is 12. The topological polar surface area (TPSA) is 137 Å². The zero-order chi connectivity index (χ0) is 33.9. The first-order valence-corrected chi connectivity index (χ1v) is 17.3. The summed E-state index contributed by atoms with van der Waals surface area (Å²) in [4.78, 5) is 34.9. The van der Waals surface area contributed by atoms with Gasteiger partial charge >= 0.3 is 0 Å². The van der Waals surface area contributed by atoms with E-state index in [2.05, 4.69) is 42.5 Å². The maximum absolute atomic E-state index is 13.5. The fourth-order valence-corrected chi connectivity index (χ4v) is 6.23. The predicted molar refractivity (Wildman–Crippen MR) is 185 cm³/mol. The smallest absolute Gasteiger partial charge is 0.291 e. The van der Waals surface area contributed by atoms with Gasteiger partial charge in [-0.15, -0.1) is 0 Å². The van der Waals surface area contributed by atoms with Gasteiger partial charge in [-0.3, -0.25) is 29.1 Å². The molecule has 2 aromatic carbocycles. The van der Waals surface area contributed by atoms with Gasteiger partial charge in [0.25, 0.3) is 11.8 Å². The SMILES string of the molecule is C=S(=O)(NC(=O)c1cncc(C#Cc2cccc(NC(=O)c3occc3C)c2)c1)c1ccc(CN2CCN(CCOCCO)CC2)cc1. The highest BCUT2D eigenvalue weighted by Gasteiger charge is 2.18. The number of carbonyl (C=O) groups excluding carboxylic acids is 2. The zero-order valence-electron chi connectivity index (χ0n) is 26.8. The van der Waals surface area contributed by atoms with E-state index >= 15 is 0 Å². The van der Waals surface area contributed by atoms with Gasteiger partial charge in [0, 0.05) is 78.9 Å². The number of nitrogens with zero attached hydrogens (tertiary/aromatic N) is 3. The first-order valence-electron chi connectivity index (χ1n) is 15.5. The van der Waals surface area contributed by atoms with Crippen LogP contribution >= 0.6 is 0 Å². The molecule has 1 fully saturated rings. The summed E-state index contributed by atoms with van der Waals surface area (Å²) >= 11 is 0. The summed E-state index contributed by atoms with van der Waals surface area (Å²) in [5, 5.41) is 11.6. The number of hydrogen-bond acceptors (Lipinski definition) is 9. The van der Waals surface area contributed by atoms with E-state index in [9.17, 15) is 13.8 Å². The molecule has 48 heavy (non-hydrogen) atoms. The molecular weight excluding hydrogens is 630 g/mol. The Labute approximate surface area is 281 Å². The lowest BCUT2D eigenvalue weighted by Crippen LogP contribution is -2.46. The third-order valence-electron chi connectivity index (χ3n) is 7.76. The Kier molecular flexibility index (Phi) is 11.8. The highest BCUT2D eigenvalue weighted by molar-refractivity contribution is 7.99. The molecule has 3 heterocycles. The van der Waals surface area contributed by atoms with Crippen LogP contribution in [-0.4, -0.2) is 94.3 Å². The second-order valence-electron chi connectivity index (χ2n) is 11.4. The van der Waals surface area contributed by atoms with E-state index < -0.39 is 15.6 Å². The van der Waals surface area contributed by atoms with Gasteiger partial charge in [-0.1, -0.05) is 30.0 Å². The molecule has 2 amide bonds. The molecule has 11 nitrogen and oxygen atoms in total. The zero-order valence-corrected chi connectivity index (χ0v) is 27.6. The average Bonchev–Trinajstić information content (AvgIpc) is 3.53. The molecule has 1 aliphatic rings. The number of pyridine rings is 1. The van der Waals surface area contributed by atoms with Crippen molar-refractivity contribution in [2.75, 3.05) is 57.9 Å². The van der Waals surface area contributed by atoms with E-state index in [1.54, 1.807) is 55.5 Å². The molecule has 5 rings (SSSR count). The number of amides is 2.